The molecule has 0 aliphatic carbocycles. The lowest BCUT2D eigenvalue weighted by Crippen LogP contribution is -2.31. The molecule has 0 saturated carbocycles. The van der Waals surface area contributed by atoms with Crippen LogP contribution in [-0.2, 0) is 16.9 Å². The van der Waals surface area contributed by atoms with Crippen molar-refractivity contribution in [2.24, 2.45) is 0 Å². The minimum absolute atomic E-state index is 0.545. The van der Waals surface area contributed by atoms with Crippen LogP contribution >= 0.6 is 11.6 Å². The van der Waals surface area contributed by atoms with Gasteiger partial charge in [-0.2, -0.15) is 5.10 Å². The van der Waals surface area contributed by atoms with Gasteiger partial charge in [-0.25, -0.2) is 0 Å². The summed E-state index contributed by atoms with van der Waals surface area (Å²) in [6.45, 7) is 3.03. The van der Waals surface area contributed by atoms with E-state index in [4.69, 9.17) is 16.3 Å². The van der Waals surface area contributed by atoms with Gasteiger partial charge in [-0.05, 0) is 32.9 Å². The molecule has 0 bridgehead atoms. The number of ether oxygens (including phenoxy) is 1. The summed E-state index contributed by atoms with van der Waals surface area (Å²) in [6.07, 6.45) is 3.97. The second-order valence-corrected chi connectivity index (χ2v) is 5.65. The topological polar surface area (TPSA) is 50.5 Å². The van der Waals surface area contributed by atoms with Gasteiger partial charge in [0.2, 0.25) is 0 Å². The fourth-order valence-electron chi connectivity index (χ4n) is 2.66. The Morgan fingerprint density at radius 2 is 2.26 bits per heavy atom. The molecule has 1 saturated heterocycles. The summed E-state index contributed by atoms with van der Waals surface area (Å²) in [5, 5.41) is 15.8. The molecule has 1 unspecified atom stereocenters. The number of rotatable bonds is 4. The van der Waals surface area contributed by atoms with Crippen LogP contribution in [0.1, 0.15) is 25.0 Å². The molecule has 1 fully saturated rings. The average Bonchev–Trinajstić information content (AvgIpc) is 2.66. The lowest BCUT2D eigenvalue weighted by molar-refractivity contribution is 0.0119. The number of halogens is 1. The number of nitrogens with zero attached hydrogens (tertiary/aromatic N) is 3. The highest BCUT2D eigenvalue weighted by Crippen LogP contribution is 2.36. The van der Waals surface area contributed by atoms with Gasteiger partial charge in [0.15, 0.2) is 0 Å². The zero-order valence-electron chi connectivity index (χ0n) is 11.6. The van der Waals surface area contributed by atoms with Crippen molar-refractivity contribution < 1.29 is 9.84 Å². The van der Waals surface area contributed by atoms with Crippen LogP contribution in [0.5, 0.6) is 0 Å². The molecule has 6 heteroatoms. The predicted octanol–water partition coefficient (Wildman–Crippen LogP) is 1.49. The van der Waals surface area contributed by atoms with Crippen LogP contribution in [0.25, 0.3) is 0 Å². The maximum Gasteiger partial charge on any atom is 0.109 e. The number of aliphatic hydroxyl groups is 1. The number of hydrogen-bond acceptors (Lipinski definition) is 4. The van der Waals surface area contributed by atoms with Crippen molar-refractivity contribution in [1.82, 2.24) is 14.7 Å². The molecular formula is C13H22ClN3O2. The number of likely N-dealkylation sites (tertiary alicyclic amines) is 1. The highest BCUT2D eigenvalue weighted by molar-refractivity contribution is 6.31. The van der Waals surface area contributed by atoms with E-state index in [1.54, 1.807) is 18.0 Å². The molecule has 1 aliphatic rings. The van der Waals surface area contributed by atoms with Gasteiger partial charge in [-0.1, -0.05) is 11.6 Å². The second-order valence-electron chi connectivity index (χ2n) is 5.25. The Morgan fingerprint density at radius 3 is 3.00 bits per heavy atom. The van der Waals surface area contributed by atoms with Crippen LogP contribution in [0.3, 0.4) is 0 Å². The molecule has 0 spiro atoms. The minimum Gasteiger partial charge on any atom is -0.383 e. The van der Waals surface area contributed by atoms with Crippen molar-refractivity contribution in [3.63, 3.8) is 0 Å². The number of hydrogen-bond donors (Lipinski definition) is 1. The van der Waals surface area contributed by atoms with E-state index >= 15 is 0 Å². The highest BCUT2D eigenvalue weighted by atomic mass is 35.5. The number of aromatic nitrogens is 2. The largest absolute Gasteiger partial charge is 0.383 e. The quantitative estimate of drug-likeness (QED) is 0.911. The van der Waals surface area contributed by atoms with Gasteiger partial charge in [0.25, 0.3) is 0 Å². The number of methoxy groups -OCH3 is 1. The summed E-state index contributed by atoms with van der Waals surface area (Å²) in [4.78, 5) is 2.24. The first kappa shape index (κ1) is 14.8. The molecule has 0 radical (unpaired) electrons. The van der Waals surface area contributed by atoms with Crippen LogP contribution in [-0.4, -0.2) is 53.6 Å². The molecule has 1 atom stereocenters. The monoisotopic (exact) mass is 287 g/mol. The lowest BCUT2D eigenvalue weighted by atomic mass is 9.91. The Morgan fingerprint density at radius 1 is 1.47 bits per heavy atom. The first-order valence-corrected chi connectivity index (χ1v) is 7.06. The zero-order chi connectivity index (χ0) is 13.9. The van der Waals surface area contributed by atoms with Crippen LogP contribution in [0.4, 0.5) is 0 Å². The van der Waals surface area contributed by atoms with Crippen molar-refractivity contribution in [3.05, 3.63) is 16.9 Å². The molecule has 19 heavy (non-hydrogen) atoms. The van der Waals surface area contributed by atoms with Crippen LogP contribution in [0.2, 0.25) is 5.02 Å². The first-order chi connectivity index (χ1) is 9.07. The van der Waals surface area contributed by atoms with E-state index in [0.717, 1.165) is 31.6 Å². The average molecular weight is 288 g/mol. The fourth-order valence-corrected chi connectivity index (χ4v) is 2.98. The first-order valence-electron chi connectivity index (χ1n) is 6.68. The van der Waals surface area contributed by atoms with Gasteiger partial charge in [-0.3, -0.25) is 4.68 Å². The Labute approximate surface area is 119 Å². The molecule has 1 aromatic rings. The summed E-state index contributed by atoms with van der Waals surface area (Å²) in [7, 11) is 3.73. The van der Waals surface area contributed by atoms with Crippen molar-refractivity contribution in [2.75, 3.05) is 33.9 Å². The Hall–Kier alpha value is -0.620. The third-order valence-electron chi connectivity index (χ3n) is 3.78. The van der Waals surface area contributed by atoms with E-state index in [-0.39, 0.29) is 0 Å². The summed E-state index contributed by atoms with van der Waals surface area (Å²) in [5.41, 5.74) is -0.145. The van der Waals surface area contributed by atoms with Crippen molar-refractivity contribution >= 4 is 11.6 Å². The van der Waals surface area contributed by atoms with E-state index in [2.05, 4.69) is 17.0 Å². The maximum atomic E-state index is 11.0. The Balaban J connectivity index is 2.25. The van der Waals surface area contributed by atoms with Crippen LogP contribution < -0.4 is 0 Å². The van der Waals surface area contributed by atoms with Crippen molar-refractivity contribution in [3.8, 4) is 0 Å². The van der Waals surface area contributed by atoms with E-state index in [9.17, 15) is 5.11 Å². The molecule has 1 aliphatic heterocycles. The molecule has 5 nitrogen and oxygen atoms in total. The summed E-state index contributed by atoms with van der Waals surface area (Å²) < 4.78 is 6.85. The molecule has 1 N–H and O–H groups in total. The van der Waals surface area contributed by atoms with E-state index in [0.29, 0.717) is 24.6 Å². The second kappa shape index (κ2) is 6.22. The van der Waals surface area contributed by atoms with E-state index in [1.165, 1.54) is 0 Å². The van der Waals surface area contributed by atoms with Gasteiger partial charge in [0.05, 0.1) is 30.1 Å². The van der Waals surface area contributed by atoms with Gasteiger partial charge < -0.3 is 14.7 Å². The Bertz CT molecular complexity index is 424. The summed E-state index contributed by atoms with van der Waals surface area (Å²) in [6, 6.07) is 0. The Kier molecular flexibility index (Phi) is 4.84. The third kappa shape index (κ3) is 3.28. The SMILES string of the molecule is COCCn1ncc(Cl)c1C1(O)CCCN(C)CC1. The zero-order valence-corrected chi connectivity index (χ0v) is 12.4. The van der Waals surface area contributed by atoms with Crippen LogP contribution in [0.15, 0.2) is 6.20 Å². The summed E-state index contributed by atoms with van der Waals surface area (Å²) >= 11 is 6.24. The molecule has 2 rings (SSSR count). The summed E-state index contributed by atoms with van der Waals surface area (Å²) in [5.74, 6) is 0. The molecule has 0 amide bonds. The molecule has 2 heterocycles. The molecule has 0 aromatic carbocycles. The molecule has 108 valence electrons. The van der Waals surface area contributed by atoms with Crippen molar-refractivity contribution in [1.29, 1.82) is 0 Å². The van der Waals surface area contributed by atoms with Gasteiger partial charge >= 0.3 is 0 Å². The van der Waals surface area contributed by atoms with E-state index < -0.39 is 5.60 Å². The van der Waals surface area contributed by atoms with Gasteiger partial charge in [-0.15, -0.1) is 0 Å². The van der Waals surface area contributed by atoms with Crippen molar-refractivity contribution in [2.45, 2.75) is 31.4 Å². The maximum absolute atomic E-state index is 11.0. The highest BCUT2D eigenvalue weighted by Gasteiger charge is 2.36. The minimum atomic E-state index is -0.883. The van der Waals surface area contributed by atoms with E-state index in [1.807, 2.05) is 0 Å². The predicted molar refractivity (Wildman–Crippen MR) is 74.4 cm³/mol. The molecular weight excluding hydrogens is 266 g/mol. The van der Waals surface area contributed by atoms with Gasteiger partial charge in [0.1, 0.15) is 5.60 Å². The normalized spacial score (nSPS) is 25.5. The third-order valence-corrected chi connectivity index (χ3v) is 4.06. The smallest absolute Gasteiger partial charge is 0.109 e. The van der Waals surface area contributed by atoms with Crippen LogP contribution in [0, 0.1) is 0 Å². The fraction of sp³-hybridized carbons (Fsp3) is 0.769. The molecule has 1 aromatic heterocycles. The standard InChI is InChI=1S/C13H22ClN3O2/c1-16-6-3-4-13(18,5-7-16)12-11(14)10-15-17(12)8-9-19-2/h10,18H,3-9H2,1-2H3. The lowest BCUT2D eigenvalue weighted by Gasteiger charge is -2.28. The van der Waals surface area contributed by atoms with Gasteiger partial charge in [0, 0.05) is 13.7 Å².